The molecule has 3 rings (SSSR count). The van der Waals surface area contributed by atoms with Crippen molar-refractivity contribution in [3.63, 3.8) is 0 Å². The predicted octanol–water partition coefficient (Wildman–Crippen LogP) is 2.23. The third kappa shape index (κ3) is 2.34. The summed E-state index contributed by atoms with van der Waals surface area (Å²) >= 11 is 0. The van der Waals surface area contributed by atoms with Gasteiger partial charge in [-0.2, -0.15) is 5.26 Å². The number of hydroxylamine groups is 2. The second kappa shape index (κ2) is 5.39. The van der Waals surface area contributed by atoms with Crippen LogP contribution < -0.4 is 0 Å². The molecule has 23 heavy (non-hydrogen) atoms. The van der Waals surface area contributed by atoms with Crippen LogP contribution in [0.3, 0.4) is 0 Å². The van der Waals surface area contributed by atoms with E-state index >= 15 is 0 Å². The summed E-state index contributed by atoms with van der Waals surface area (Å²) in [7, 11) is 0. The molecule has 0 unspecified atom stereocenters. The number of benzene rings is 2. The summed E-state index contributed by atoms with van der Waals surface area (Å²) in [5.41, 5.74) is 1.36. The Morgan fingerprint density at radius 2 is 1.70 bits per heavy atom. The first kappa shape index (κ1) is 14.5. The molecule has 1 aliphatic rings. The van der Waals surface area contributed by atoms with Crippen molar-refractivity contribution in [1.82, 2.24) is 5.06 Å². The van der Waals surface area contributed by atoms with E-state index in [4.69, 9.17) is 10.1 Å². The van der Waals surface area contributed by atoms with Gasteiger partial charge in [-0.15, -0.1) is 0 Å². The number of fused-ring (bicyclic) bond motifs is 1. The Labute approximate surface area is 131 Å². The van der Waals surface area contributed by atoms with Gasteiger partial charge >= 0.3 is 5.97 Å². The minimum absolute atomic E-state index is 0.126. The average molecular weight is 306 g/mol. The predicted molar refractivity (Wildman–Crippen MR) is 78.3 cm³/mol. The minimum Gasteiger partial charge on any atom is -0.324 e. The maximum atomic E-state index is 12.3. The van der Waals surface area contributed by atoms with E-state index in [9.17, 15) is 14.4 Å². The van der Waals surface area contributed by atoms with Gasteiger partial charge in [0.25, 0.3) is 11.8 Å². The molecule has 0 radical (unpaired) electrons. The lowest BCUT2D eigenvalue weighted by atomic mass is 10.1. The topological polar surface area (TPSA) is 87.5 Å². The molecule has 2 amide bonds. The first-order valence-electron chi connectivity index (χ1n) is 6.74. The van der Waals surface area contributed by atoms with Crippen LogP contribution in [-0.4, -0.2) is 22.8 Å². The molecule has 0 N–H and O–H groups in total. The number of rotatable bonds is 2. The van der Waals surface area contributed by atoms with Crippen LogP contribution in [0.4, 0.5) is 0 Å². The van der Waals surface area contributed by atoms with E-state index in [1.807, 2.05) is 6.07 Å². The lowest BCUT2D eigenvalue weighted by molar-refractivity contribution is -0.0585. The smallest absolute Gasteiger partial charge is 0.324 e. The Balaban J connectivity index is 1.89. The van der Waals surface area contributed by atoms with Crippen LogP contribution in [0.15, 0.2) is 42.5 Å². The molecule has 0 aliphatic carbocycles. The standard InChI is InChI=1S/C17H10N2O4/c1-10-6-7-11(9-18)8-14(10)17(22)23-19-15(20)12-4-2-3-5-13(12)16(19)21/h2-8H,1H3. The van der Waals surface area contributed by atoms with Crippen molar-refractivity contribution in [2.24, 2.45) is 0 Å². The van der Waals surface area contributed by atoms with Crippen LogP contribution in [0.1, 0.15) is 42.2 Å². The van der Waals surface area contributed by atoms with Gasteiger partial charge in [0.1, 0.15) is 0 Å². The molecule has 112 valence electrons. The van der Waals surface area contributed by atoms with E-state index in [1.54, 1.807) is 31.2 Å². The number of carbonyl (C=O) groups is 3. The van der Waals surface area contributed by atoms with Crippen LogP contribution in [0, 0.1) is 18.3 Å². The molecule has 0 saturated carbocycles. The number of amides is 2. The first-order chi connectivity index (χ1) is 11.0. The molecule has 0 saturated heterocycles. The molecular weight excluding hydrogens is 296 g/mol. The molecule has 1 aliphatic heterocycles. The average Bonchev–Trinajstić information content (AvgIpc) is 2.80. The number of nitriles is 1. The van der Waals surface area contributed by atoms with Crippen molar-refractivity contribution in [2.75, 3.05) is 0 Å². The highest BCUT2D eigenvalue weighted by Crippen LogP contribution is 2.24. The van der Waals surface area contributed by atoms with Gasteiger partial charge in [-0.25, -0.2) is 4.79 Å². The van der Waals surface area contributed by atoms with Gasteiger partial charge in [-0.3, -0.25) is 9.59 Å². The highest BCUT2D eigenvalue weighted by Gasteiger charge is 2.38. The number of nitrogens with zero attached hydrogens (tertiary/aromatic N) is 2. The Bertz CT molecular complexity index is 861. The van der Waals surface area contributed by atoms with Gasteiger partial charge in [0.05, 0.1) is 28.3 Å². The SMILES string of the molecule is Cc1ccc(C#N)cc1C(=O)ON1C(=O)c2ccccc2C1=O. The van der Waals surface area contributed by atoms with Crippen molar-refractivity contribution in [3.05, 3.63) is 70.3 Å². The zero-order chi connectivity index (χ0) is 16.6. The van der Waals surface area contributed by atoms with Gasteiger partial charge in [0, 0.05) is 0 Å². The molecule has 1 heterocycles. The third-order valence-electron chi connectivity index (χ3n) is 3.52. The van der Waals surface area contributed by atoms with Gasteiger partial charge in [0.15, 0.2) is 0 Å². The normalized spacial score (nSPS) is 12.8. The lowest BCUT2D eigenvalue weighted by Crippen LogP contribution is -2.32. The highest BCUT2D eigenvalue weighted by atomic mass is 16.7. The lowest BCUT2D eigenvalue weighted by Gasteiger charge is -2.13. The fraction of sp³-hybridized carbons (Fsp3) is 0.0588. The summed E-state index contributed by atoms with van der Waals surface area (Å²) in [6.45, 7) is 1.67. The monoisotopic (exact) mass is 306 g/mol. The molecule has 0 bridgehead atoms. The van der Waals surface area contributed by atoms with Gasteiger partial charge in [0.2, 0.25) is 0 Å². The van der Waals surface area contributed by atoms with Crippen LogP contribution in [0.5, 0.6) is 0 Å². The van der Waals surface area contributed by atoms with E-state index in [2.05, 4.69) is 0 Å². The zero-order valence-corrected chi connectivity index (χ0v) is 12.1. The molecule has 2 aromatic rings. The first-order valence-corrected chi connectivity index (χ1v) is 6.74. The van der Waals surface area contributed by atoms with E-state index in [0.29, 0.717) is 10.6 Å². The quantitative estimate of drug-likeness (QED) is 0.794. The largest absolute Gasteiger partial charge is 0.364 e. The van der Waals surface area contributed by atoms with Crippen LogP contribution in [0.2, 0.25) is 0 Å². The summed E-state index contributed by atoms with van der Waals surface area (Å²) in [5.74, 6) is -2.24. The summed E-state index contributed by atoms with van der Waals surface area (Å²) in [5, 5.41) is 9.35. The summed E-state index contributed by atoms with van der Waals surface area (Å²) in [6.07, 6.45) is 0. The molecule has 0 spiro atoms. The molecular formula is C17H10N2O4. The van der Waals surface area contributed by atoms with Crippen molar-refractivity contribution in [1.29, 1.82) is 5.26 Å². The number of hydrogen-bond donors (Lipinski definition) is 0. The second-order valence-electron chi connectivity index (χ2n) is 4.97. The maximum Gasteiger partial charge on any atom is 0.364 e. The Morgan fingerprint density at radius 1 is 1.09 bits per heavy atom. The van der Waals surface area contributed by atoms with E-state index < -0.39 is 17.8 Å². The van der Waals surface area contributed by atoms with Gasteiger partial charge in [-0.1, -0.05) is 23.3 Å². The Kier molecular flexibility index (Phi) is 3.39. The fourth-order valence-electron chi connectivity index (χ4n) is 2.29. The van der Waals surface area contributed by atoms with Crippen molar-refractivity contribution >= 4 is 17.8 Å². The fourth-order valence-corrected chi connectivity index (χ4v) is 2.29. The van der Waals surface area contributed by atoms with Crippen LogP contribution in [0.25, 0.3) is 0 Å². The maximum absolute atomic E-state index is 12.3. The summed E-state index contributed by atoms with van der Waals surface area (Å²) < 4.78 is 0. The molecule has 6 nitrogen and oxygen atoms in total. The molecule has 2 aromatic carbocycles. The van der Waals surface area contributed by atoms with E-state index in [0.717, 1.165) is 0 Å². The second-order valence-corrected chi connectivity index (χ2v) is 4.97. The Morgan fingerprint density at radius 3 is 2.26 bits per heavy atom. The molecule has 0 fully saturated rings. The van der Waals surface area contributed by atoms with E-state index in [-0.39, 0.29) is 22.3 Å². The molecule has 0 atom stereocenters. The highest BCUT2D eigenvalue weighted by molar-refractivity contribution is 6.21. The number of imide groups is 1. The van der Waals surface area contributed by atoms with E-state index in [1.165, 1.54) is 18.2 Å². The van der Waals surface area contributed by atoms with Crippen LogP contribution in [-0.2, 0) is 4.84 Å². The number of carbonyl (C=O) groups excluding carboxylic acids is 3. The van der Waals surface area contributed by atoms with Crippen molar-refractivity contribution in [3.8, 4) is 6.07 Å². The molecule has 0 aromatic heterocycles. The number of hydrogen-bond acceptors (Lipinski definition) is 5. The van der Waals surface area contributed by atoms with Gasteiger partial charge < -0.3 is 4.84 Å². The van der Waals surface area contributed by atoms with Crippen molar-refractivity contribution in [2.45, 2.75) is 6.92 Å². The molecule has 6 heteroatoms. The summed E-state index contributed by atoms with van der Waals surface area (Å²) in [4.78, 5) is 41.5. The number of aryl methyl sites for hydroxylation is 1. The summed E-state index contributed by atoms with van der Waals surface area (Å²) in [6, 6.07) is 12.7. The minimum atomic E-state index is -0.867. The Hall–Kier alpha value is -3.46. The zero-order valence-electron chi connectivity index (χ0n) is 12.1. The third-order valence-corrected chi connectivity index (χ3v) is 3.52. The van der Waals surface area contributed by atoms with Crippen molar-refractivity contribution < 1.29 is 19.2 Å². The van der Waals surface area contributed by atoms with Gasteiger partial charge in [-0.05, 0) is 36.8 Å². The van der Waals surface area contributed by atoms with Crippen LogP contribution >= 0.6 is 0 Å².